The fourth-order valence-corrected chi connectivity index (χ4v) is 1.84. The molecule has 0 fully saturated rings. The van der Waals surface area contributed by atoms with Crippen LogP contribution in [0.3, 0.4) is 0 Å². The number of thioether (sulfide) groups is 1. The molecule has 1 rings (SSSR count). The minimum atomic E-state index is 0.575. The van der Waals surface area contributed by atoms with Crippen molar-refractivity contribution in [1.29, 1.82) is 5.26 Å². The molecule has 0 spiro atoms. The van der Waals surface area contributed by atoms with E-state index < -0.39 is 0 Å². The molecule has 0 aromatic carbocycles. The fourth-order valence-electron chi connectivity index (χ4n) is 0.863. The first-order chi connectivity index (χ1) is 6.27. The number of hydrogen-bond donors (Lipinski definition) is 0. The van der Waals surface area contributed by atoms with Gasteiger partial charge >= 0.3 is 0 Å². The third-order valence-corrected chi connectivity index (χ3v) is 2.84. The Morgan fingerprint density at radius 1 is 1.62 bits per heavy atom. The molecule has 0 amide bonds. The number of aromatic nitrogens is 1. The van der Waals surface area contributed by atoms with Crippen molar-refractivity contribution in [3.63, 3.8) is 0 Å². The van der Waals surface area contributed by atoms with E-state index in [4.69, 9.17) is 16.9 Å². The molecule has 0 atom stereocenters. The minimum absolute atomic E-state index is 0.575. The number of pyridine rings is 1. The Kier molecular flexibility index (Phi) is 4.07. The maximum Gasteiger partial charge on any atom is 0.114 e. The SMILES string of the molecule is Cc1ccc(C#N)c(SCCCl)n1. The van der Waals surface area contributed by atoms with Gasteiger partial charge in [0.25, 0.3) is 0 Å². The van der Waals surface area contributed by atoms with Gasteiger partial charge in [-0.05, 0) is 19.1 Å². The summed E-state index contributed by atoms with van der Waals surface area (Å²) in [7, 11) is 0. The van der Waals surface area contributed by atoms with Gasteiger partial charge in [-0.25, -0.2) is 4.98 Å². The van der Waals surface area contributed by atoms with E-state index in [1.54, 1.807) is 6.07 Å². The zero-order valence-corrected chi connectivity index (χ0v) is 8.82. The van der Waals surface area contributed by atoms with E-state index in [0.717, 1.165) is 16.5 Å². The van der Waals surface area contributed by atoms with Crippen LogP contribution in [0, 0.1) is 18.3 Å². The van der Waals surface area contributed by atoms with E-state index in [-0.39, 0.29) is 0 Å². The van der Waals surface area contributed by atoms with Crippen molar-refractivity contribution in [1.82, 2.24) is 4.98 Å². The molecule has 0 saturated heterocycles. The molecule has 0 saturated carbocycles. The Labute approximate surface area is 86.9 Å². The van der Waals surface area contributed by atoms with E-state index in [2.05, 4.69) is 11.1 Å². The molecule has 1 heterocycles. The summed E-state index contributed by atoms with van der Waals surface area (Å²) in [4.78, 5) is 4.26. The lowest BCUT2D eigenvalue weighted by molar-refractivity contribution is 1.05. The minimum Gasteiger partial charge on any atom is -0.245 e. The molecule has 0 radical (unpaired) electrons. The van der Waals surface area contributed by atoms with Crippen molar-refractivity contribution in [2.45, 2.75) is 11.9 Å². The lowest BCUT2D eigenvalue weighted by atomic mass is 10.3. The van der Waals surface area contributed by atoms with Crippen molar-refractivity contribution in [3.05, 3.63) is 23.4 Å². The summed E-state index contributed by atoms with van der Waals surface area (Å²) in [6.07, 6.45) is 0. The number of rotatable bonds is 3. The van der Waals surface area contributed by atoms with Crippen molar-refractivity contribution in [2.75, 3.05) is 11.6 Å². The molecule has 1 aromatic heterocycles. The van der Waals surface area contributed by atoms with Gasteiger partial charge in [-0.1, -0.05) is 0 Å². The molecule has 0 aliphatic carbocycles. The quantitative estimate of drug-likeness (QED) is 0.571. The molecule has 2 nitrogen and oxygen atoms in total. The molecule has 0 bridgehead atoms. The molecule has 0 aliphatic rings. The van der Waals surface area contributed by atoms with Crippen LogP contribution in [0.5, 0.6) is 0 Å². The van der Waals surface area contributed by atoms with Crippen LogP contribution in [0.1, 0.15) is 11.3 Å². The van der Waals surface area contributed by atoms with Crippen LogP contribution < -0.4 is 0 Å². The highest BCUT2D eigenvalue weighted by Gasteiger charge is 2.03. The second kappa shape index (κ2) is 5.11. The summed E-state index contributed by atoms with van der Waals surface area (Å²) in [6, 6.07) is 5.73. The molecule has 13 heavy (non-hydrogen) atoms. The van der Waals surface area contributed by atoms with Crippen LogP contribution in [0.25, 0.3) is 0 Å². The maximum absolute atomic E-state index is 8.77. The number of aryl methyl sites for hydroxylation is 1. The first-order valence-corrected chi connectivity index (χ1v) is 5.36. The average molecular weight is 213 g/mol. The van der Waals surface area contributed by atoms with Crippen LogP contribution in [-0.4, -0.2) is 16.6 Å². The largest absolute Gasteiger partial charge is 0.245 e. The van der Waals surface area contributed by atoms with Crippen LogP contribution in [0.4, 0.5) is 0 Å². The van der Waals surface area contributed by atoms with Gasteiger partial charge in [0.15, 0.2) is 0 Å². The van der Waals surface area contributed by atoms with Gasteiger partial charge in [-0.3, -0.25) is 0 Å². The fraction of sp³-hybridized carbons (Fsp3) is 0.333. The second-order valence-corrected chi connectivity index (χ2v) is 3.92. The van der Waals surface area contributed by atoms with Crippen molar-refractivity contribution >= 4 is 23.4 Å². The zero-order valence-electron chi connectivity index (χ0n) is 7.25. The molecular weight excluding hydrogens is 204 g/mol. The number of halogens is 1. The summed E-state index contributed by atoms with van der Waals surface area (Å²) in [5, 5.41) is 9.55. The summed E-state index contributed by atoms with van der Waals surface area (Å²) < 4.78 is 0. The van der Waals surface area contributed by atoms with Gasteiger partial charge in [0.05, 0.1) is 5.56 Å². The Balaban J connectivity index is 2.89. The van der Waals surface area contributed by atoms with Gasteiger partial charge < -0.3 is 0 Å². The second-order valence-electron chi connectivity index (χ2n) is 2.45. The van der Waals surface area contributed by atoms with E-state index in [1.165, 1.54) is 11.8 Å². The molecule has 0 aliphatic heterocycles. The van der Waals surface area contributed by atoms with Crippen LogP contribution in [-0.2, 0) is 0 Å². The standard InChI is InChI=1S/C9H9ClN2S/c1-7-2-3-8(6-11)9(12-7)13-5-4-10/h2-3H,4-5H2,1H3. The van der Waals surface area contributed by atoms with Gasteiger partial charge in [0.1, 0.15) is 11.1 Å². The molecule has 4 heteroatoms. The van der Waals surface area contributed by atoms with Crippen LogP contribution >= 0.6 is 23.4 Å². The Morgan fingerprint density at radius 2 is 2.38 bits per heavy atom. The first-order valence-electron chi connectivity index (χ1n) is 3.84. The van der Waals surface area contributed by atoms with Gasteiger partial charge in [0.2, 0.25) is 0 Å². The lowest BCUT2D eigenvalue weighted by Crippen LogP contribution is -1.91. The lowest BCUT2D eigenvalue weighted by Gasteiger charge is -2.01. The normalized spacial score (nSPS) is 9.62. The molecule has 1 aromatic rings. The number of alkyl halides is 1. The monoisotopic (exact) mass is 212 g/mol. The first kappa shape index (κ1) is 10.4. The highest BCUT2D eigenvalue weighted by molar-refractivity contribution is 7.99. The predicted molar refractivity (Wildman–Crippen MR) is 55.1 cm³/mol. The molecule has 68 valence electrons. The highest BCUT2D eigenvalue weighted by Crippen LogP contribution is 2.20. The van der Waals surface area contributed by atoms with Crippen LogP contribution in [0.2, 0.25) is 0 Å². The van der Waals surface area contributed by atoms with Crippen molar-refractivity contribution in [2.24, 2.45) is 0 Å². The number of hydrogen-bond acceptors (Lipinski definition) is 3. The Morgan fingerprint density at radius 3 is 3.00 bits per heavy atom. The van der Waals surface area contributed by atoms with Gasteiger partial charge in [-0.2, -0.15) is 5.26 Å². The average Bonchev–Trinajstić information content (AvgIpc) is 2.15. The van der Waals surface area contributed by atoms with Crippen molar-refractivity contribution < 1.29 is 0 Å². The zero-order chi connectivity index (χ0) is 9.68. The maximum atomic E-state index is 8.77. The summed E-state index contributed by atoms with van der Waals surface area (Å²) >= 11 is 7.08. The van der Waals surface area contributed by atoms with Crippen molar-refractivity contribution in [3.8, 4) is 6.07 Å². The van der Waals surface area contributed by atoms with Gasteiger partial charge in [-0.15, -0.1) is 23.4 Å². The Hall–Kier alpha value is -0.720. The Bertz CT molecular complexity index is 333. The molecular formula is C9H9ClN2S. The smallest absolute Gasteiger partial charge is 0.114 e. The van der Waals surface area contributed by atoms with E-state index >= 15 is 0 Å². The summed E-state index contributed by atoms with van der Waals surface area (Å²) in [5.74, 6) is 1.36. The van der Waals surface area contributed by atoms with E-state index in [0.29, 0.717) is 11.4 Å². The number of nitriles is 1. The predicted octanol–water partition coefficient (Wildman–Crippen LogP) is 2.59. The van der Waals surface area contributed by atoms with E-state index in [9.17, 15) is 0 Å². The molecule has 0 N–H and O–H groups in total. The van der Waals surface area contributed by atoms with E-state index in [1.807, 2.05) is 13.0 Å². The highest BCUT2D eigenvalue weighted by atomic mass is 35.5. The molecule has 0 unspecified atom stereocenters. The van der Waals surface area contributed by atoms with Crippen LogP contribution in [0.15, 0.2) is 17.2 Å². The van der Waals surface area contributed by atoms with Gasteiger partial charge in [0, 0.05) is 17.3 Å². The number of nitrogens with zero attached hydrogens (tertiary/aromatic N) is 2. The third kappa shape index (κ3) is 2.91. The third-order valence-electron chi connectivity index (χ3n) is 1.44. The summed E-state index contributed by atoms with van der Waals surface area (Å²) in [6.45, 7) is 1.91. The topological polar surface area (TPSA) is 36.7 Å². The summed E-state index contributed by atoms with van der Waals surface area (Å²) in [5.41, 5.74) is 1.55.